The van der Waals surface area contributed by atoms with E-state index in [9.17, 15) is 4.39 Å². The number of aromatic nitrogens is 6. The van der Waals surface area contributed by atoms with E-state index in [0.717, 1.165) is 67.0 Å². The molecular formula is C30H36FN7O. The van der Waals surface area contributed by atoms with Gasteiger partial charge in [-0.15, -0.1) is 0 Å². The molecule has 0 aliphatic heterocycles. The number of halogens is 1. The van der Waals surface area contributed by atoms with Crippen LogP contribution in [0.25, 0.3) is 33.5 Å². The van der Waals surface area contributed by atoms with Gasteiger partial charge in [-0.1, -0.05) is 13.8 Å². The minimum absolute atomic E-state index is 0.188. The van der Waals surface area contributed by atoms with E-state index < -0.39 is 5.82 Å². The van der Waals surface area contributed by atoms with Gasteiger partial charge < -0.3 is 19.2 Å². The smallest absolute Gasteiger partial charge is 0.164 e. The fourth-order valence-electron chi connectivity index (χ4n) is 4.93. The van der Waals surface area contributed by atoms with Crippen LogP contribution < -0.4 is 4.74 Å². The summed E-state index contributed by atoms with van der Waals surface area (Å²) < 4.78 is 21.9. The number of pyridine rings is 1. The molecule has 0 radical (unpaired) electrons. The highest BCUT2D eigenvalue weighted by Crippen LogP contribution is 2.27. The molecule has 1 N–H and O–H groups in total. The highest BCUT2D eigenvalue weighted by molar-refractivity contribution is 5.84. The minimum atomic E-state index is -0.410. The van der Waals surface area contributed by atoms with Crippen LogP contribution in [0.15, 0.2) is 49.2 Å². The SMILES string of the molecule is CCN(CC)CCOc1ccc2c(CCCc3nc(-c4cncc(F)c4)nc4c3ncn4C(C)C)c[nH]c2c1. The standard InChI is InChI=1S/C30H36FN7O/c1-5-37(6-2)12-13-39-24-10-11-25-21(17-33-27(25)15-24)8-7-9-26-28-30(38(19-34-28)20(3)4)36-29(35-26)22-14-23(31)18-32-16-22/h10-11,14-20,33H,5-9,12-13H2,1-4H3. The number of nitrogens with one attached hydrogen (secondary N) is 1. The van der Waals surface area contributed by atoms with Gasteiger partial charge in [0.25, 0.3) is 0 Å². The summed E-state index contributed by atoms with van der Waals surface area (Å²) in [5.74, 6) is 0.936. The summed E-state index contributed by atoms with van der Waals surface area (Å²) in [6.45, 7) is 12.2. The van der Waals surface area contributed by atoms with E-state index in [4.69, 9.17) is 14.7 Å². The first-order valence-electron chi connectivity index (χ1n) is 13.8. The molecule has 0 saturated heterocycles. The summed E-state index contributed by atoms with van der Waals surface area (Å²) in [5.41, 5.74) is 5.31. The van der Waals surface area contributed by atoms with Gasteiger partial charge in [-0.25, -0.2) is 19.3 Å². The molecule has 4 heterocycles. The van der Waals surface area contributed by atoms with Crippen molar-refractivity contribution in [3.05, 3.63) is 66.3 Å². The Bertz CT molecular complexity index is 1550. The predicted octanol–water partition coefficient (Wildman–Crippen LogP) is 5.99. The molecule has 0 spiro atoms. The molecule has 5 rings (SSSR count). The van der Waals surface area contributed by atoms with Crippen LogP contribution in [0.4, 0.5) is 4.39 Å². The molecule has 1 aromatic carbocycles. The van der Waals surface area contributed by atoms with Gasteiger partial charge >= 0.3 is 0 Å². The van der Waals surface area contributed by atoms with Crippen LogP contribution in [-0.2, 0) is 12.8 Å². The lowest BCUT2D eigenvalue weighted by Crippen LogP contribution is -2.27. The second-order valence-electron chi connectivity index (χ2n) is 10.1. The van der Waals surface area contributed by atoms with Crippen molar-refractivity contribution < 1.29 is 9.13 Å². The molecule has 0 bridgehead atoms. The van der Waals surface area contributed by atoms with Gasteiger partial charge in [0.05, 0.1) is 18.2 Å². The fraction of sp³-hybridized carbons (Fsp3) is 0.400. The quantitative estimate of drug-likeness (QED) is 0.214. The predicted molar refractivity (Wildman–Crippen MR) is 153 cm³/mol. The first-order chi connectivity index (χ1) is 19.0. The monoisotopic (exact) mass is 529 g/mol. The number of benzene rings is 1. The molecular weight excluding hydrogens is 493 g/mol. The van der Waals surface area contributed by atoms with E-state index in [-0.39, 0.29) is 6.04 Å². The molecule has 8 nitrogen and oxygen atoms in total. The lowest BCUT2D eigenvalue weighted by molar-refractivity contribution is 0.223. The lowest BCUT2D eigenvalue weighted by atomic mass is 10.1. The largest absolute Gasteiger partial charge is 0.492 e. The summed E-state index contributed by atoms with van der Waals surface area (Å²) in [6.07, 6.45) is 9.16. The number of hydrogen-bond donors (Lipinski definition) is 1. The van der Waals surface area contributed by atoms with Crippen LogP contribution in [-0.4, -0.2) is 60.6 Å². The Morgan fingerprint density at radius 3 is 2.69 bits per heavy atom. The van der Waals surface area contributed by atoms with E-state index in [1.165, 1.54) is 23.2 Å². The van der Waals surface area contributed by atoms with E-state index in [2.05, 4.69) is 65.9 Å². The van der Waals surface area contributed by atoms with Crippen molar-refractivity contribution in [2.45, 2.75) is 53.0 Å². The number of likely N-dealkylation sites (N-methyl/N-ethyl adjacent to an activating group) is 1. The van der Waals surface area contributed by atoms with Crippen molar-refractivity contribution in [3.63, 3.8) is 0 Å². The summed E-state index contributed by atoms with van der Waals surface area (Å²) in [7, 11) is 0. The average Bonchev–Trinajstić information content (AvgIpc) is 3.55. The van der Waals surface area contributed by atoms with Crippen LogP contribution in [0.1, 0.15) is 51.4 Å². The van der Waals surface area contributed by atoms with Crippen molar-refractivity contribution in [2.24, 2.45) is 0 Å². The molecule has 5 aromatic rings. The number of rotatable bonds is 12. The van der Waals surface area contributed by atoms with Crippen LogP contribution in [0.2, 0.25) is 0 Å². The minimum Gasteiger partial charge on any atom is -0.492 e. The number of hydrogen-bond acceptors (Lipinski definition) is 6. The number of H-pyrrole nitrogens is 1. The summed E-state index contributed by atoms with van der Waals surface area (Å²) >= 11 is 0. The molecule has 0 saturated carbocycles. The van der Waals surface area contributed by atoms with Crippen molar-refractivity contribution >= 4 is 22.1 Å². The Labute approximate surface area is 228 Å². The molecule has 39 heavy (non-hydrogen) atoms. The van der Waals surface area contributed by atoms with Crippen LogP contribution in [0.5, 0.6) is 5.75 Å². The Morgan fingerprint density at radius 1 is 1.08 bits per heavy atom. The molecule has 0 aliphatic carbocycles. The molecule has 0 fully saturated rings. The van der Waals surface area contributed by atoms with Crippen molar-refractivity contribution in [3.8, 4) is 17.1 Å². The van der Waals surface area contributed by atoms with Gasteiger partial charge in [0.2, 0.25) is 0 Å². The van der Waals surface area contributed by atoms with E-state index in [1.54, 1.807) is 6.20 Å². The van der Waals surface area contributed by atoms with E-state index in [1.807, 2.05) is 17.0 Å². The van der Waals surface area contributed by atoms with Gasteiger partial charge in [0.1, 0.15) is 23.7 Å². The molecule has 4 aromatic heterocycles. The highest BCUT2D eigenvalue weighted by atomic mass is 19.1. The maximum Gasteiger partial charge on any atom is 0.164 e. The normalized spacial score (nSPS) is 11.9. The number of aromatic amines is 1. The van der Waals surface area contributed by atoms with E-state index in [0.29, 0.717) is 18.0 Å². The third-order valence-corrected chi connectivity index (χ3v) is 7.18. The number of fused-ring (bicyclic) bond motifs is 2. The first-order valence-corrected chi connectivity index (χ1v) is 13.8. The van der Waals surface area contributed by atoms with Gasteiger partial charge in [-0.05, 0) is 70.0 Å². The third-order valence-electron chi connectivity index (χ3n) is 7.18. The summed E-state index contributed by atoms with van der Waals surface area (Å²) in [4.78, 5) is 23.9. The number of ether oxygens (including phenoxy) is 1. The Hall–Kier alpha value is -3.85. The fourth-order valence-corrected chi connectivity index (χ4v) is 4.93. The highest BCUT2D eigenvalue weighted by Gasteiger charge is 2.17. The zero-order valence-electron chi connectivity index (χ0n) is 23.1. The maximum absolute atomic E-state index is 13.9. The van der Waals surface area contributed by atoms with E-state index >= 15 is 0 Å². The van der Waals surface area contributed by atoms with Crippen LogP contribution in [0.3, 0.4) is 0 Å². The second kappa shape index (κ2) is 11.9. The van der Waals surface area contributed by atoms with Crippen molar-refractivity contribution in [2.75, 3.05) is 26.2 Å². The van der Waals surface area contributed by atoms with Gasteiger partial charge in [0.15, 0.2) is 11.5 Å². The summed E-state index contributed by atoms with van der Waals surface area (Å²) in [6, 6.07) is 7.87. The maximum atomic E-state index is 13.9. The van der Waals surface area contributed by atoms with Gasteiger partial charge in [-0.3, -0.25) is 4.98 Å². The molecule has 0 unspecified atom stereocenters. The number of nitrogens with zero attached hydrogens (tertiary/aromatic N) is 6. The number of aryl methyl sites for hydroxylation is 2. The van der Waals surface area contributed by atoms with Gasteiger partial charge in [-0.2, -0.15) is 0 Å². The Kier molecular flexibility index (Phi) is 8.16. The lowest BCUT2D eigenvalue weighted by Gasteiger charge is -2.18. The topological polar surface area (TPSA) is 84.8 Å². The Balaban J connectivity index is 1.32. The summed E-state index contributed by atoms with van der Waals surface area (Å²) in [5, 5.41) is 1.20. The molecule has 0 amide bonds. The second-order valence-corrected chi connectivity index (χ2v) is 10.1. The average molecular weight is 530 g/mol. The van der Waals surface area contributed by atoms with Crippen molar-refractivity contribution in [1.82, 2.24) is 34.4 Å². The molecule has 0 aliphatic rings. The zero-order chi connectivity index (χ0) is 27.4. The third kappa shape index (κ3) is 5.93. The zero-order valence-corrected chi connectivity index (χ0v) is 23.1. The Morgan fingerprint density at radius 2 is 1.92 bits per heavy atom. The van der Waals surface area contributed by atoms with Gasteiger partial charge in [0, 0.05) is 47.5 Å². The molecule has 204 valence electrons. The van der Waals surface area contributed by atoms with Crippen molar-refractivity contribution in [1.29, 1.82) is 0 Å². The molecule has 0 atom stereocenters. The number of imidazole rings is 1. The molecule has 9 heteroatoms. The van der Waals surface area contributed by atoms with Crippen LogP contribution >= 0.6 is 0 Å². The van der Waals surface area contributed by atoms with Crippen LogP contribution in [0, 0.1) is 5.82 Å². The first kappa shape index (κ1) is 26.7.